The molecular weight excluding hydrogens is 224 g/mol. The lowest BCUT2D eigenvalue weighted by atomic mass is 10.2. The van der Waals surface area contributed by atoms with Crippen molar-refractivity contribution in [2.45, 2.75) is 18.5 Å². The molecule has 0 fully saturated rings. The molecule has 0 heterocycles. The zero-order valence-corrected chi connectivity index (χ0v) is 9.30. The molecule has 0 aliphatic carbocycles. The Morgan fingerprint density at radius 3 is 2.36 bits per heavy atom. The topological polar surface area (TPSA) is 92.4 Å². The van der Waals surface area contributed by atoms with Crippen molar-refractivity contribution >= 4 is 37.1 Å². The van der Waals surface area contributed by atoms with Gasteiger partial charge in [-0.15, -0.1) is 0 Å². The minimum absolute atomic E-state index is 0.180. The quantitative estimate of drug-likeness (QED) is 0.389. The van der Waals surface area contributed by atoms with Crippen LogP contribution in [0.15, 0.2) is 0 Å². The lowest BCUT2D eigenvalue weighted by Crippen LogP contribution is -2.49. The van der Waals surface area contributed by atoms with Crippen molar-refractivity contribution in [3.8, 4) is 0 Å². The number of amides is 1. The van der Waals surface area contributed by atoms with Gasteiger partial charge in [0.05, 0.1) is 6.04 Å². The number of carbonyl (C=O) groups is 2. The first-order chi connectivity index (χ1) is 6.52. The van der Waals surface area contributed by atoms with E-state index in [0.717, 1.165) is 0 Å². The molecule has 0 saturated heterocycles. The zero-order chi connectivity index (χ0) is 11.1. The lowest BCUT2D eigenvalue weighted by Gasteiger charge is -2.15. The summed E-state index contributed by atoms with van der Waals surface area (Å²) < 4.78 is 0. The molecule has 82 valence electrons. The largest absolute Gasteiger partial charge is 0.480 e. The van der Waals surface area contributed by atoms with Gasteiger partial charge in [0.2, 0.25) is 5.91 Å². The summed E-state index contributed by atoms with van der Waals surface area (Å²) in [7, 11) is 0. The third-order valence-electron chi connectivity index (χ3n) is 1.57. The van der Waals surface area contributed by atoms with Gasteiger partial charge in [0.15, 0.2) is 0 Å². The molecule has 0 aliphatic heterocycles. The monoisotopic (exact) mass is 238 g/mol. The first-order valence-electron chi connectivity index (χ1n) is 4.03. The van der Waals surface area contributed by atoms with E-state index in [9.17, 15) is 9.59 Å². The summed E-state index contributed by atoms with van der Waals surface area (Å²) in [5.41, 5.74) is 5.36. The number of hydrogen-bond donors (Lipinski definition) is 5. The van der Waals surface area contributed by atoms with Gasteiger partial charge in [-0.25, -0.2) is 4.79 Å². The summed E-state index contributed by atoms with van der Waals surface area (Å²) >= 11 is 7.72. The van der Waals surface area contributed by atoms with Crippen LogP contribution in [0.4, 0.5) is 0 Å². The Balaban J connectivity index is 4.15. The van der Waals surface area contributed by atoms with Crippen molar-refractivity contribution in [3.05, 3.63) is 0 Å². The van der Waals surface area contributed by atoms with Gasteiger partial charge in [0, 0.05) is 5.75 Å². The van der Waals surface area contributed by atoms with Crippen LogP contribution in [0.25, 0.3) is 0 Å². The minimum Gasteiger partial charge on any atom is -0.480 e. The molecule has 0 saturated carbocycles. The maximum absolute atomic E-state index is 11.2. The molecule has 1 amide bonds. The number of hydrogen-bond acceptors (Lipinski definition) is 5. The molecule has 0 aromatic carbocycles. The number of nitrogens with one attached hydrogen (secondary N) is 1. The number of carboxylic acid groups (broad SMARTS) is 1. The molecule has 0 rings (SSSR count). The maximum atomic E-state index is 11.2. The fourth-order valence-corrected chi connectivity index (χ4v) is 1.17. The molecule has 7 heteroatoms. The SMILES string of the molecule is N[C@@H](CS)C(=O)N[C@@H](CCS)C(=O)O. The van der Waals surface area contributed by atoms with Crippen molar-refractivity contribution < 1.29 is 14.7 Å². The van der Waals surface area contributed by atoms with Crippen LogP contribution in [0.1, 0.15) is 6.42 Å². The summed E-state index contributed by atoms with van der Waals surface area (Å²) in [6.07, 6.45) is 0.267. The minimum atomic E-state index is -1.08. The molecule has 4 N–H and O–H groups in total. The molecule has 0 aliphatic rings. The van der Waals surface area contributed by atoms with Gasteiger partial charge in [-0.3, -0.25) is 4.79 Å². The Hall–Kier alpha value is -0.400. The summed E-state index contributed by atoms with van der Waals surface area (Å²) in [5, 5.41) is 11.0. The first kappa shape index (κ1) is 13.6. The average Bonchev–Trinajstić information content (AvgIpc) is 2.15. The Kier molecular flexibility index (Phi) is 6.77. The van der Waals surface area contributed by atoms with Crippen molar-refractivity contribution in [3.63, 3.8) is 0 Å². The van der Waals surface area contributed by atoms with E-state index in [0.29, 0.717) is 5.75 Å². The summed E-state index contributed by atoms with van der Waals surface area (Å²) in [6.45, 7) is 0. The van der Waals surface area contributed by atoms with Gasteiger partial charge in [-0.05, 0) is 12.2 Å². The smallest absolute Gasteiger partial charge is 0.326 e. The van der Waals surface area contributed by atoms with Crippen molar-refractivity contribution in [1.82, 2.24) is 5.32 Å². The van der Waals surface area contributed by atoms with E-state index >= 15 is 0 Å². The second-order valence-corrected chi connectivity index (χ2v) is 3.51. The van der Waals surface area contributed by atoms with Crippen LogP contribution in [-0.2, 0) is 9.59 Å². The highest BCUT2D eigenvalue weighted by Gasteiger charge is 2.21. The number of carbonyl (C=O) groups excluding carboxylic acids is 1. The average molecular weight is 238 g/mol. The molecule has 0 aromatic rings. The van der Waals surface area contributed by atoms with Crippen LogP contribution in [0.3, 0.4) is 0 Å². The van der Waals surface area contributed by atoms with Crippen LogP contribution in [0, 0.1) is 0 Å². The lowest BCUT2D eigenvalue weighted by molar-refractivity contribution is -0.141. The third kappa shape index (κ3) is 4.73. The van der Waals surface area contributed by atoms with Crippen molar-refractivity contribution in [1.29, 1.82) is 0 Å². The number of nitrogens with two attached hydrogens (primary N) is 1. The van der Waals surface area contributed by atoms with E-state index in [1.165, 1.54) is 0 Å². The number of rotatable bonds is 6. The molecule has 0 aromatic heterocycles. The summed E-state index contributed by atoms with van der Waals surface area (Å²) in [5.74, 6) is -1.03. The molecule has 0 unspecified atom stereocenters. The van der Waals surface area contributed by atoms with Crippen molar-refractivity contribution in [2.24, 2.45) is 5.73 Å². The Labute approximate surface area is 93.2 Å². The van der Waals surface area contributed by atoms with Crippen LogP contribution in [0.2, 0.25) is 0 Å². The van der Waals surface area contributed by atoms with Gasteiger partial charge in [0.1, 0.15) is 6.04 Å². The normalized spacial score (nSPS) is 14.5. The van der Waals surface area contributed by atoms with E-state index in [2.05, 4.69) is 30.6 Å². The number of thiol groups is 2. The Morgan fingerprint density at radius 1 is 1.43 bits per heavy atom. The molecule has 14 heavy (non-hydrogen) atoms. The summed E-state index contributed by atoms with van der Waals surface area (Å²) in [4.78, 5) is 21.8. The number of carboxylic acids is 1. The van der Waals surface area contributed by atoms with E-state index in [4.69, 9.17) is 10.8 Å². The number of aliphatic carboxylic acids is 1. The maximum Gasteiger partial charge on any atom is 0.326 e. The molecule has 0 spiro atoms. The summed E-state index contributed by atoms with van der Waals surface area (Å²) in [6, 6.07) is -1.70. The highest BCUT2D eigenvalue weighted by atomic mass is 32.1. The second-order valence-electron chi connectivity index (χ2n) is 2.70. The van der Waals surface area contributed by atoms with E-state index in [-0.39, 0.29) is 12.2 Å². The standard InChI is InChI=1S/C7H14N2O3S2/c8-4(3-14)6(10)9-5(1-2-13)7(11)12/h4-5,13-14H,1-3,8H2,(H,9,10)(H,11,12)/t4-,5-/m0/s1. The Morgan fingerprint density at radius 2 is 2.00 bits per heavy atom. The predicted octanol–water partition coefficient (Wildman–Crippen LogP) is -0.867. The Bertz CT molecular complexity index is 213. The highest BCUT2D eigenvalue weighted by molar-refractivity contribution is 7.80. The predicted molar refractivity (Wildman–Crippen MR) is 59.9 cm³/mol. The van der Waals surface area contributed by atoms with Gasteiger partial charge < -0.3 is 16.2 Å². The van der Waals surface area contributed by atoms with Crippen molar-refractivity contribution in [2.75, 3.05) is 11.5 Å². The molecular formula is C7H14N2O3S2. The van der Waals surface area contributed by atoms with Crippen LogP contribution in [0.5, 0.6) is 0 Å². The van der Waals surface area contributed by atoms with Gasteiger partial charge in [-0.2, -0.15) is 25.3 Å². The van der Waals surface area contributed by atoms with Gasteiger partial charge >= 0.3 is 5.97 Å². The molecule has 2 atom stereocenters. The van der Waals surface area contributed by atoms with Crippen LogP contribution < -0.4 is 11.1 Å². The fraction of sp³-hybridized carbons (Fsp3) is 0.714. The van der Waals surface area contributed by atoms with E-state index in [1.807, 2.05) is 0 Å². The first-order valence-corrected chi connectivity index (χ1v) is 5.30. The van der Waals surface area contributed by atoms with Crippen LogP contribution >= 0.6 is 25.3 Å². The second kappa shape index (κ2) is 6.97. The van der Waals surface area contributed by atoms with E-state index < -0.39 is 24.0 Å². The van der Waals surface area contributed by atoms with Crippen LogP contribution in [-0.4, -0.2) is 40.6 Å². The highest BCUT2D eigenvalue weighted by Crippen LogP contribution is 1.96. The van der Waals surface area contributed by atoms with Gasteiger partial charge in [0.25, 0.3) is 0 Å². The third-order valence-corrected chi connectivity index (χ3v) is 2.22. The molecule has 0 bridgehead atoms. The molecule has 0 radical (unpaired) electrons. The van der Waals surface area contributed by atoms with E-state index in [1.54, 1.807) is 0 Å². The molecule has 5 nitrogen and oxygen atoms in total. The van der Waals surface area contributed by atoms with Gasteiger partial charge in [-0.1, -0.05) is 0 Å². The fourth-order valence-electron chi connectivity index (χ4n) is 0.748. The zero-order valence-electron chi connectivity index (χ0n) is 7.51.